The van der Waals surface area contributed by atoms with E-state index < -0.39 is 0 Å². The van der Waals surface area contributed by atoms with Crippen LogP contribution in [0.25, 0.3) is 43.5 Å². The van der Waals surface area contributed by atoms with Crippen LogP contribution in [0, 0.1) is 0 Å². The van der Waals surface area contributed by atoms with E-state index in [0.29, 0.717) is 11.4 Å². The summed E-state index contributed by atoms with van der Waals surface area (Å²) in [5, 5.41) is 8.82. The van der Waals surface area contributed by atoms with Crippen molar-refractivity contribution in [1.82, 2.24) is 19.7 Å². The molecule has 1 fully saturated rings. The Kier molecular flexibility index (Phi) is 4.69. The van der Waals surface area contributed by atoms with Crippen LogP contribution in [0.1, 0.15) is 25.8 Å². The number of piperidine rings is 1. The Hall–Kier alpha value is -3.65. The molecule has 0 spiro atoms. The number of thiophene rings is 1. The van der Waals surface area contributed by atoms with Gasteiger partial charge in [-0.2, -0.15) is 5.10 Å². The molecule has 5 aromatic rings. The van der Waals surface area contributed by atoms with Gasteiger partial charge in [0.05, 0.1) is 12.2 Å². The Balaban J connectivity index is 1.38. The minimum atomic E-state index is 0.138. The van der Waals surface area contributed by atoms with Gasteiger partial charge in [0.1, 0.15) is 5.76 Å². The first-order chi connectivity index (χ1) is 16.1. The molecule has 1 amide bonds. The maximum absolute atomic E-state index is 11.6. The maximum atomic E-state index is 11.6. The number of benzene rings is 1. The summed E-state index contributed by atoms with van der Waals surface area (Å²) in [7, 11) is 0. The first kappa shape index (κ1) is 20.0. The highest BCUT2D eigenvalue weighted by atomic mass is 32.1. The second-order valence-electron chi connectivity index (χ2n) is 8.49. The molecule has 1 saturated heterocycles. The number of rotatable bonds is 3. The molecule has 0 unspecified atom stereocenters. The van der Waals surface area contributed by atoms with E-state index in [1.807, 2.05) is 21.8 Å². The number of carbonyl (C=O) groups excluding carboxylic acids is 1. The zero-order valence-corrected chi connectivity index (χ0v) is 19.0. The highest BCUT2D eigenvalue weighted by Crippen LogP contribution is 2.39. The van der Waals surface area contributed by atoms with Gasteiger partial charge in [-0.25, -0.2) is 4.98 Å². The summed E-state index contributed by atoms with van der Waals surface area (Å²) in [5.74, 6) is 1.29. The topological polar surface area (TPSA) is 90.2 Å². The quantitative estimate of drug-likeness (QED) is 0.395. The third-order valence-corrected chi connectivity index (χ3v) is 7.43. The minimum absolute atomic E-state index is 0.138. The number of anilines is 1. The highest BCUT2D eigenvalue weighted by molar-refractivity contribution is 7.17. The van der Waals surface area contributed by atoms with Gasteiger partial charge in [0, 0.05) is 64.6 Å². The molecule has 0 bridgehead atoms. The van der Waals surface area contributed by atoms with Crippen LogP contribution in [0.4, 0.5) is 5.82 Å². The van der Waals surface area contributed by atoms with Crippen molar-refractivity contribution in [2.45, 2.75) is 25.8 Å². The van der Waals surface area contributed by atoms with Crippen molar-refractivity contribution in [2.24, 2.45) is 0 Å². The van der Waals surface area contributed by atoms with Gasteiger partial charge in [0.2, 0.25) is 5.91 Å². The number of nitrogens with two attached hydrogens (primary N) is 1. The van der Waals surface area contributed by atoms with Crippen molar-refractivity contribution in [3.63, 3.8) is 0 Å². The molecule has 4 aromatic heterocycles. The van der Waals surface area contributed by atoms with Crippen LogP contribution >= 0.6 is 11.3 Å². The lowest BCUT2D eigenvalue weighted by atomic mass is 10.0. The number of aromatic nitrogens is 3. The number of hydrogen-bond acceptors (Lipinski definition) is 6. The van der Waals surface area contributed by atoms with Crippen LogP contribution in [0.2, 0.25) is 0 Å². The number of likely N-dealkylation sites (tertiary alicyclic amines) is 1. The fourth-order valence-corrected chi connectivity index (χ4v) is 5.55. The third-order valence-electron chi connectivity index (χ3n) is 6.55. The largest absolute Gasteiger partial charge is 0.452 e. The number of nitrogens with zero attached hydrogens (tertiary/aromatic N) is 4. The molecule has 0 saturated carbocycles. The molecule has 0 radical (unpaired) electrons. The van der Waals surface area contributed by atoms with Crippen LogP contribution in [-0.4, -0.2) is 38.7 Å². The zero-order valence-electron chi connectivity index (χ0n) is 18.2. The molecular weight excluding hydrogens is 434 g/mol. The van der Waals surface area contributed by atoms with Gasteiger partial charge < -0.3 is 15.1 Å². The summed E-state index contributed by atoms with van der Waals surface area (Å²) in [6.07, 6.45) is 7.53. The molecule has 166 valence electrons. The molecule has 2 N–H and O–H groups in total. The molecule has 0 atom stereocenters. The van der Waals surface area contributed by atoms with Crippen LogP contribution in [0.5, 0.6) is 0 Å². The summed E-state index contributed by atoms with van der Waals surface area (Å²) in [4.78, 5) is 17.9. The smallest absolute Gasteiger partial charge is 0.219 e. The molecule has 0 aliphatic carbocycles. The lowest BCUT2D eigenvalue weighted by molar-refractivity contribution is -0.130. The predicted molar refractivity (Wildman–Crippen MR) is 131 cm³/mol. The Labute approximate surface area is 194 Å². The van der Waals surface area contributed by atoms with Crippen molar-refractivity contribution < 1.29 is 9.21 Å². The number of amides is 1. The molecule has 6 rings (SSSR count). The average molecular weight is 458 g/mol. The summed E-state index contributed by atoms with van der Waals surface area (Å²) in [6, 6.07) is 10.7. The molecule has 33 heavy (non-hydrogen) atoms. The fourth-order valence-electron chi connectivity index (χ4n) is 4.74. The van der Waals surface area contributed by atoms with E-state index in [9.17, 15) is 4.79 Å². The molecule has 1 aliphatic heterocycles. The van der Waals surface area contributed by atoms with Crippen molar-refractivity contribution in [3.05, 3.63) is 54.3 Å². The first-order valence-electron chi connectivity index (χ1n) is 11.0. The third kappa shape index (κ3) is 3.38. The van der Waals surface area contributed by atoms with E-state index >= 15 is 0 Å². The lowest BCUT2D eigenvalue weighted by Crippen LogP contribution is -2.37. The zero-order chi connectivity index (χ0) is 22.5. The fraction of sp³-hybridized carbons (Fsp3) is 0.240. The van der Waals surface area contributed by atoms with Gasteiger partial charge in [-0.05, 0) is 36.4 Å². The second-order valence-corrected chi connectivity index (χ2v) is 9.44. The van der Waals surface area contributed by atoms with Crippen LogP contribution in [0.3, 0.4) is 0 Å². The van der Waals surface area contributed by atoms with Gasteiger partial charge in [-0.1, -0.05) is 12.1 Å². The molecule has 1 aromatic carbocycles. The van der Waals surface area contributed by atoms with Crippen LogP contribution in [0.15, 0.2) is 58.7 Å². The van der Waals surface area contributed by atoms with E-state index in [2.05, 4.69) is 45.9 Å². The number of hydrogen-bond donors (Lipinski definition) is 1. The van der Waals surface area contributed by atoms with Gasteiger partial charge in [0.15, 0.2) is 11.4 Å². The lowest BCUT2D eigenvalue weighted by Gasteiger charge is -2.31. The maximum Gasteiger partial charge on any atom is 0.219 e. The average Bonchev–Trinajstić information content (AvgIpc) is 3.58. The number of carbonyl (C=O) groups is 1. The second kappa shape index (κ2) is 7.74. The van der Waals surface area contributed by atoms with Crippen molar-refractivity contribution in [3.8, 4) is 22.5 Å². The summed E-state index contributed by atoms with van der Waals surface area (Å²) in [5.41, 5.74) is 9.75. The van der Waals surface area contributed by atoms with Gasteiger partial charge >= 0.3 is 0 Å². The molecule has 8 heteroatoms. The standard InChI is InChI=1S/C25H23N5O2S/c1-15(31)29-8-5-17(6-9-29)30-14-16(12-28-30)21-13-27-25(26)24-20(21)11-22(32-24)18-3-2-4-23-19(18)7-10-33-23/h2-4,7,10-14,17H,5-6,8-9H2,1H3,(H2,26,27). The van der Waals surface area contributed by atoms with E-state index in [1.165, 1.54) is 10.1 Å². The molecule has 1 aliphatic rings. The molecule has 5 heterocycles. The van der Waals surface area contributed by atoms with Gasteiger partial charge in [0.25, 0.3) is 0 Å². The Bertz CT molecular complexity index is 1490. The molecular formula is C25H23N5O2S. The SMILES string of the molecule is CC(=O)N1CCC(n2cc(-c3cnc(N)c4oc(-c5cccc6sccc56)cc34)cn2)CC1. The first-order valence-corrected chi connectivity index (χ1v) is 11.9. The van der Waals surface area contributed by atoms with E-state index in [4.69, 9.17) is 10.2 Å². The van der Waals surface area contributed by atoms with E-state index in [-0.39, 0.29) is 11.9 Å². The highest BCUT2D eigenvalue weighted by Gasteiger charge is 2.23. The summed E-state index contributed by atoms with van der Waals surface area (Å²) in [6.45, 7) is 3.16. The number of fused-ring (bicyclic) bond motifs is 2. The summed E-state index contributed by atoms with van der Waals surface area (Å²) < 4.78 is 9.47. The number of furan rings is 1. The Morgan fingerprint density at radius 2 is 2.00 bits per heavy atom. The van der Waals surface area contributed by atoms with Crippen LogP contribution < -0.4 is 5.73 Å². The molecule has 7 nitrogen and oxygen atoms in total. The predicted octanol–water partition coefficient (Wildman–Crippen LogP) is 5.34. The van der Waals surface area contributed by atoms with Gasteiger partial charge in [-0.15, -0.1) is 11.3 Å². The van der Waals surface area contributed by atoms with Crippen LogP contribution in [-0.2, 0) is 4.79 Å². The normalized spacial score (nSPS) is 15.0. The van der Waals surface area contributed by atoms with E-state index in [0.717, 1.165) is 53.8 Å². The minimum Gasteiger partial charge on any atom is -0.452 e. The Morgan fingerprint density at radius 1 is 1.15 bits per heavy atom. The van der Waals surface area contributed by atoms with Crippen molar-refractivity contribution in [1.29, 1.82) is 0 Å². The summed E-state index contributed by atoms with van der Waals surface area (Å²) >= 11 is 1.71. The van der Waals surface area contributed by atoms with E-state index in [1.54, 1.807) is 24.5 Å². The van der Waals surface area contributed by atoms with Gasteiger partial charge in [-0.3, -0.25) is 9.48 Å². The Morgan fingerprint density at radius 3 is 2.82 bits per heavy atom. The van der Waals surface area contributed by atoms with Crippen molar-refractivity contribution >= 4 is 44.1 Å². The van der Waals surface area contributed by atoms with Crippen molar-refractivity contribution in [2.75, 3.05) is 18.8 Å². The monoisotopic (exact) mass is 457 g/mol. The number of nitrogen functional groups attached to an aromatic ring is 1. The number of pyridine rings is 1.